The summed E-state index contributed by atoms with van der Waals surface area (Å²) in [6, 6.07) is 4.96. The van der Waals surface area contributed by atoms with Crippen LogP contribution in [0.4, 0.5) is 8.78 Å². The van der Waals surface area contributed by atoms with E-state index in [9.17, 15) is 13.6 Å². The summed E-state index contributed by atoms with van der Waals surface area (Å²) >= 11 is 0. The maximum absolute atomic E-state index is 12.4. The van der Waals surface area contributed by atoms with Crippen molar-refractivity contribution in [2.45, 2.75) is 44.8 Å². The molecule has 1 aromatic carbocycles. The summed E-state index contributed by atoms with van der Waals surface area (Å²) < 4.78 is 34.2. The number of halogens is 2. The van der Waals surface area contributed by atoms with Gasteiger partial charge in [-0.2, -0.15) is 8.78 Å². The van der Waals surface area contributed by atoms with E-state index < -0.39 is 6.61 Å². The standard InChI is InChI=1S/C17H24F2N2O3/c1-23-14-6-5-11(9-15(14)24-17(18)19)7-8-21-16(22)10-12-3-2-4-13(12)20/h5-6,9,12-13,17H,2-4,7-8,10,20H2,1H3,(H,21,22)/t12-,13+/m0/s1. The van der Waals surface area contributed by atoms with Crippen molar-refractivity contribution >= 4 is 5.91 Å². The Balaban J connectivity index is 1.82. The second-order valence-electron chi connectivity index (χ2n) is 6.02. The molecule has 0 aliphatic heterocycles. The first-order valence-corrected chi connectivity index (χ1v) is 8.13. The molecule has 0 spiro atoms. The molecular formula is C17H24F2N2O3. The second kappa shape index (κ2) is 8.82. The summed E-state index contributed by atoms with van der Waals surface area (Å²) in [4.78, 5) is 11.9. The summed E-state index contributed by atoms with van der Waals surface area (Å²) in [7, 11) is 1.39. The maximum atomic E-state index is 12.4. The van der Waals surface area contributed by atoms with E-state index >= 15 is 0 Å². The minimum atomic E-state index is -2.91. The van der Waals surface area contributed by atoms with Crippen molar-refractivity contribution in [2.24, 2.45) is 11.7 Å². The lowest BCUT2D eigenvalue weighted by Gasteiger charge is -2.15. The molecule has 0 saturated heterocycles. The Labute approximate surface area is 140 Å². The van der Waals surface area contributed by atoms with Crippen LogP contribution in [0.1, 0.15) is 31.2 Å². The Hall–Kier alpha value is -1.89. The Bertz CT molecular complexity index is 555. The Morgan fingerprint density at radius 2 is 2.17 bits per heavy atom. The minimum absolute atomic E-state index is 0.00624. The van der Waals surface area contributed by atoms with Crippen molar-refractivity contribution in [3.63, 3.8) is 0 Å². The van der Waals surface area contributed by atoms with E-state index in [0.717, 1.165) is 24.8 Å². The third-order valence-electron chi connectivity index (χ3n) is 4.35. The zero-order valence-electron chi connectivity index (χ0n) is 13.8. The second-order valence-corrected chi connectivity index (χ2v) is 6.02. The average Bonchev–Trinajstić information content (AvgIpc) is 2.92. The van der Waals surface area contributed by atoms with Gasteiger partial charge in [-0.25, -0.2) is 0 Å². The molecule has 5 nitrogen and oxygen atoms in total. The van der Waals surface area contributed by atoms with Crippen LogP contribution in [-0.2, 0) is 11.2 Å². The predicted molar refractivity (Wildman–Crippen MR) is 86.3 cm³/mol. The van der Waals surface area contributed by atoms with Gasteiger partial charge < -0.3 is 20.5 Å². The van der Waals surface area contributed by atoms with Crippen LogP contribution in [0.15, 0.2) is 18.2 Å². The molecule has 3 N–H and O–H groups in total. The lowest BCUT2D eigenvalue weighted by molar-refractivity contribution is -0.122. The lowest BCUT2D eigenvalue weighted by atomic mass is 10.00. The molecule has 24 heavy (non-hydrogen) atoms. The van der Waals surface area contributed by atoms with Gasteiger partial charge in [-0.05, 0) is 42.9 Å². The maximum Gasteiger partial charge on any atom is 0.387 e. The van der Waals surface area contributed by atoms with Gasteiger partial charge in [-0.15, -0.1) is 0 Å². The normalized spacial score (nSPS) is 20.2. The Morgan fingerprint density at radius 1 is 1.38 bits per heavy atom. The summed E-state index contributed by atoms with van der Waals surface area (Å²) in [6.45, 7) is -2.48. The van der Waals surface area contributed by atoms with E-state index in [1.165, 1.54) is 13.2 Å². The van der Waals surface area contributed by atoms with Crippen molar-refractivity contribution in [3.05, 3.63) is 23.8 Å². The Morgan fingerprint density at radius 3 is 2.79 bits per heavy atom. The molecule has 0 heterocycles. The van der Waals surface area contributed by atoms with E-state index in [2.05, 4.69) is 10.1 Å². The Kier molecular flexibility index (Phi) is 6.78. The topological polar surface area (TPSA) is 73.6 Å². The van der Waals surface area contributed by atoms with E-state index in [4.69, 9.17) is 10.5 Å². The van der Waals surface area contributed by atoms with Gasteiger partial charge in [0, 0.05) is 19.0 Å². The quantitative estimate of drug-likeness (QED) is 0.761. The van der Waals surface area contributed by atoms with Crippen LogP contribution in [-0.4, -0.2) is 32.2 Å². The number of hydrogen-bond acceptors (Lipinski definition) is 4. The van der Waals surface area contributed by atoms with Crippen molar-refractivity contribution in [1.29, 1.82) is 0 Å². The molecule has 2 rings (SSSR count). The first-order valence-electron chi connectivity index (χ1n) is 8.13. The van der Waals surface area contributed by atoms with E-state index in [-0.39, 0.29) is 29.4 Å². The van der Waals surface area contributed by atoms with Crippen LogP contribution in [0.25, 0.3) is 0 Å². The molecule has 1 amide bonds. The molecule has 1 aromatic rings. The van der Waals surface area contributed by atoms with E-state index in [0.29, 0.717) is 19.4 Å². The van der Waals surface area contributed by atoms with E-state index in [1.807, 2.05) is 0 Å². The number of carbonyl (C=O) groups excluding carboxylic acids is 1. The number of ether oxygens (including phenoxy) is 2. The van der Waals surface area contributed by atoms with Gasteiger partial charge in [-0.1, -0.05) is 12.5 Å². The van der Waals surface area contributed by atoms with Crippen molar-refractivity contribution in [3.8, 4) is 11.5 Å². The highest BCUT2D eigenvalue weighted by molar-refractivity contribution is 5.76. The molecule has 0 bridgehead atoms. The zero-order chi connectivity index (χ0) is 17.5. The molecular weight excluding hydrogens is 318 g/mol. The van der Waals surface area contributed by atoms with Crippen LogP contribution in [0.3, 0.4) is 0 Å². The molecule has 0 unspecified atom stereocenters. The molecule has 7 heteroatoms. The SMILES string of the molecule is COc1ccc(CCNC(=O)C[C@@H]2CCC[C@H]2N)cc1OC(F)F. The van der Waals surface area contributed by atoms with Crippen LogP contribution in [0, 0.1) is 5.92 Å². The fourth-order valence-electron chi connectivity index (χ4n) is 3.04. The molecule has 1 aliphatic carbocycles. The first kappa shape index (κ1) is 18.4. The first-order chi connectivity index (χ1) is 11.5. The number of hydrogen-bond donors (Lipinski definition) is 2. The number of benzene rings is 1. The molecule has 1 aliphatic rings. The minimum Gasteiger partial charge on any atom is -0.493 e. The molecule has 1 fully saturated rings. The average molecular weight is 342 g/mol. The summed E-state index contributed by atoms with van der Waals surface area (Å²) in [5, 5.41) is 2.85. The monoisotopic (exact) mass is 342 g/mol. The smallest absolute Gasteiger partial charge is 0.387 e. The van der Waals surface area contributed by atoms with Crippen molar-refractivity contribution < 1.29 is 23.0 Å². The number of nitrogens with one attached hydrogen (secondary N) is 1. The fraction of sp³-hybridized carbons (Fsp3) is 0.588. The number of amides is 1. The number of rotatable bonds is 8. The van der Waals surface area contributed by atoms with E-state index in [1.54, 1.807) is 12.1 Å². The van der Waals surface area contributed by atoms with Crippen molar-refractivity contribution in [1.82, 2.24) is 5.32 Å². The third-order valence-corrected chi connectivity index (χ3v) is 4.35. The van der Waals surface area contributed by atoms with Gasteiger partial charge in [0.15, 0.2) is 11.5 Å². The van der Waals surface area contributed by atoms with Crippen LogP contribution < -0.4 is 20.5 Å². The summed E-state index contributed by atoms with van der Waals surface area (Å²) in [5.41, 5.74) is 6.75. The van der Waals surface area contributed by atoms with Gasteiger partial charge in [0.2, 0.25) is 5.91 Å². The fourth-order valence-corrected chi connectivity index (χ4v) is 3.04. The van der Waals surface area contributed by atoms with Crippen LogP contribution in [0.2, 0.25) is 0 Å². The van der Waals surface area contributed by atoms with Crippen LogP contribution >= 0.6 is 0 Å². The number of methoxy groups -OCH3 is 1. The molecule has 2 atom stereocenters. The summed E-state index contributed by atoms with van der Waals surface area (Å²) in [5.74, 6) is 0.485. The number of carbonyl (C=O) groups is 1. The van der Waals surface area contributed by atoms with Gasteiger partial charge >= 0.3 is 6.61 Å². The molecule has 0 aromatic heterocycles. The highest BCUT2D eigenvalue weighted by Gasteiger charge is 2.25. The third kappa shape index (κ3) is 5.33. The number of alkyl halides is 2. The van der Waals surface area contributed by atoms with Gasteiger partial charge in [-0.3, -0.25) is 4.79 Å². The highest BCUT2D eigenvalue weighted by atomic mass is 19.3. The van der Waals surface area contributed by atoms with Gasteiger partial charge in [0.05, 0.1) is 7.11 Å². The van der Waals surface area contributed by atoms with Gasteiger partial charge in [0.25, 0.3) is 0 Å². The molecule has 1 saturated carbocycles. The number of nitrogens with two attached hydrogens (primary N) is 1. The largest absolute Gasteiger partial charge is 0.493 e. The van der Waals surface area contributed by atoms with Gasteiger partial charge in [0.1, 0.15) is 0 Å². The predicted octanol–water partition coefficient (Wildman–Crippen LogP) is 2.47. The highest BCUT2D eigenvalue weighted by Crippen LogP contribution is 2.29. The molecule has 0 radical (unpaired) electrons. The van der Waals surface area contributed by atoms with Crippen LogP contribution in [0.5, 0.6) is 11.5 Å². The zero-order valence-corrected chi connectivity index (χ0v) is 13.8. The molecule has 134 valence electrons. The van der Waals surface area contributed by atoms with Crippen molar-refractivity contribution in [2.75, 3.05) is 13.7 Å². The summed E-state index contributed by atoms with van der Waals surface area (Å²) in [6.07, 6.45) is 4.03. The lowest BCUT2D eigenvalue weighted by Crippen LogP contribution is -2.32.